The predicted octanol–water partition coefficient (Wildman–Crippen LogP) is -0.112. The Bertz CT molecular complexity index is 135. The van der Waals surface area contributed by atoms with E-state index >= 15 is 0 Å². The number of carboxylic acid groups (broad SMARTS) is 1. The van der Waals surface area contributed by atoms with Gasteiger partial charge in [0, 0.05) is 0 Å². The number of aliphatic carboxylic acids is 1. The van der Waals surface area contributed by atoms with Gasteiger partial charge in [0.2, 0.25) is 0 Å². The van der Waals surface area contributed by atoms with Crippen molar-refractivity contribution in [2.24, 2.45) is 4.99 Å². The van der Waals surface area contributed by atoms with Gasteiger partial charge in [-0.15, -0.1) is 0 Å². The van der Waals surface area contributed by atoms with E-state index < -0.39 is 5.97 Å². The van der Waals surface area contributed by atoms with Crippen molar-refractivity contribution in [3.8, 4) is 0 Å². The zero-order chi connectivity index (χ0) is 6.69. The van der Waals surface area contributed by atoms with Crippen molar-refractivity contribution in [1.82, 2.24) is 0 Å². The molecule has 4 heteroatoms. The van der Waals surface area contributed by atoms with Crippen molar-refractivity contribution in [3.63, 3.8) is 0 Å². The highest BCUT2D eigenvalue weighted by molar-refractivity contribution is 5.68. The van der Waals surface area contributed by atoms with Crippen molar-refractivity contribution >= 4 is 12.4 Å². The Morgan fingerprint density at radius 2 is 2.78 bits per heavy atom. The highest BCUT2D eigenvalue weighted by atomic mass is 16.5. The molecule has 9 heavy (non-hydrogen) atoms. The molecular weight excluding hydrogens is 122 g/mol. The molecule has 0 fully saturated rings. The van der Waals surface area contributed by atoms with Crippen LogP contribution in [-0.2, 0) is 9.53 Å². The summed E-state index contributed by atoms with van der Waals surface area (Å²) in [5.41, 5.74) is 0. The van der Waals surface area contributed by atoms with Crippen LogP contribution in [0.2, 0.25) is 0 Å². The fourth-order valence-corrected chi connectivity index (χ4v) is 0.640. The molecule has 4 nitrogen and oxygen atoms in total. The Morgan fingerprint density at radius 3 is 3.22 bits per heavy atom. The van der Waals surface area contributed by atoms with Crippen LogP contribution in [0.15, 0.2) is 4.99 Å². The quantitative estimate of drug-likeness (QED) is 0.565. The largest absolute Gasteiger partial charge is 0.481 e. The second-order valence-electron chi connectivity index (χ2n) is 1.83. The monoisotopic (exact) mass is 129 g/mol. The summed E-state index contributed by atoms with van der Waals surface area (Å²) in [5, 5.41) is 8.24. The molecule has 1 heterocycles. The molecule has 0 aromatic carbocycles. The first-order valence-corrected chi connectivity index (χ1v) is 2.64. The summed E-state index contributed by atoms with van der Waals surface area (Å²) < 4.78 is 4.79. The van der Waals surface area contributed by atoms with Crippen LogP contribution in [0.3, 0.4) is 0 Å². The average molecular weight is 129 g/mol. The van der Waals surface area contributed by atoms with Crippen molar-refractivity contribution in [2.75, 3.05) is 6.54 Å². The molecule has 0 saturated heterocycles. The molecular formula is C5H7NO3. The van der Waals surface area contributed by atoms with Gasteiger partial charge >= 0.3 is 5.97 Å². The van der Waals surface area contributed by atoms with Gasteiger partial charge in [-0.25, -0.2) is 0 Å². The maximum absolute atomic E-state index is 10.0. The number of ether oxygens (including phenoxy) is 1. The van der Waals surface area contributed by atoms with E-state index in [1.54, 1.807) is 0 Å². The summed E-state index contributed by atoms with van der Waals surface area (Å²) in [6.07, 6.45) is 1.11. The highest BCUT2D eigenvalue weighted by Crippen LogP contribution is 2.02. The Labute approximate surface area is 52.2 Å². The van der Waals surface area contributed by atoms with Gasteiger partial charge in [0.25, 0.3) is 0 Å². The van der Waals surface area contributed by atoms with Gasteiger partial charge in [-0.2, -0.15) is 0 Å². The summed E-state index contributed by atoms with van der Waals surface area (Å²) in [4.78, 5) is 13.7. The van der Waals surface area contributed by atoms with Crippen LogP contribution in [0.1, 0.15) is 6.42 Å². The van der Waals surface area contributed by atoms with Gasteiger partial charge in [-0.3, -0.25) is 9.79 Å². The summed E-state index contributed by atoms with van der Waals surface area (Å²) in [6, 6.07) is 0. The molecule has 1 N–H and O–H groups in total. The molecule has 1 aliphatic heterocycles. The Balaban J connectivity index is 2.22. The van der Waals surface area contributed by atoms with Gasteiger partial charge < -0.3 is 9.84 Å². The van der Waals surface area contributed by atoms with Crippen LogP contribution in [0.25, 0.3) is 0 Å². The smallest absolute Gasteiger partial charge is 0.307 e. The van der Waals surface area contributed by atoms with Crippen LogP contribution in [0, 0.1) is 0 Å². The lowest BCUT2D eigenvalue weighted by Crippen LogP contribution is -2.15. The summed E-state index contributed by atoms with van der Waals surface area (Å²) >= 11 is 0. The van der Waals surface area contributed by atoms with E-state index in [-0.39, 0.29) is 12.5 Å². The van der Waals surface area contributed by atoms with Crippen molar-refractivity contribution in [1.29, 1.82) is 0 Å². The molecule has 1 atom stereocenters. The van der Waals surface area contributed by atoms with E-state index in [0.717, 1.165) is 0 Å². The molecule has 1 unspecified atom stereocenters. The molecule has 0 aromatic rings. The van der Waals surface area contributed by atoms with E-state index in [1.165, 1.54) is 6.40 Å². The van der Waals surface area contributed by atoms with Gasteiger partial charge in [-0.05, 0) is 0 Å². The molecule has 1 rings (SSSR count). The standard InChI is InChI=1S/C5H7NO3/c7-5(8)1-4-2-6-3-9-4/h3-4H,1-2H2,(H,7,8). The highest BCUT2D eigenvalue weighted by Gasteiger charge is 2.15. The van der Waals surface area contributed by atoms with Crippen LogP contribution in [0.4, 0.5) is 0 Å². The van der Waals surface area contributed by atoms with E-state index in [2.05, 4.69) is 4.99 Å². The summed E-state index contributed by atoms with van der Waals surface area (Å²) in [7, 11) is 0. The maximum atomic E-state index is 10.0. The third-order valence-electron chi connectivity index (χ3n) is 1.04. The third-order valence-corrected chi connectivity index (χ3v) is 1.04. The Morgan fingerprint density at radius 1 is 2.00 bits per heavy atom. The molecule has 0 saturated carbocycles. The number of carboxylic acids is 1. The number of carbonyl (C=O) groups is 1. The fraction of sp³-hybridized carbons (Fsp3) is 0.600. The zero-order valence-corrected chi connectivity index (χ0v) is 4.78. The number of rotatable bonds is 2. The van der Waals surface area contributed by atoms with Gasteiger partial charge in [-0.1, -0.05) is 0 Å². The third kappa shape index (κ3) is 1.71. The normalized spacial score (nSPS) is 23.8. The fourth-order valence-electron chi connectivity index (χ4n) is 0.640. The first-order valence-electron chi connectivity index (χ1n) is 2.64. The molecule has 0 radical (unpaired) electrons. The molecule has 0 aliphatic carbocycles. The minimum Gasteiger partial charge on any atom is -0.481 e. The molecule has 1 aliphatic rings. The molecule has 50 valence electrons. The lowest BCUT2D eigenvalue weighted by molar-refractivity contribution is -0.138. The maximum Gasteiger partial charge on any atom is 0.307 e. The van der Waals surface area contributed by atoms with Crippen molar-refractivity contribution < 1.29 is 14.6 Å². The molecule has 0 amide bonds. The van der Waals surface area contributed by atoms with Crippen molar-refractivity contribution in [2.45, 2.75) is 12.5 Å². The van der Waals surface area contributed by atoms with E-state index in [9.17, 15) is 4.79 Å². The number of nitrogens with zero attached hydrogens (tertiary/aromatic N) is 1. The minimum atomic E-state index is -0.842. The zero-order valence-electron chi connectivity index (χ0n) is 4.78. The van der Waals surface area contributed by atoms with E-state index in [0.29, 0.717) is 6.54 Å². The minimum absolute atomic E-state index is 0.0417. The van der Waals surface area contributed by atoms with Gasteiger partial charge in [0.1, 0.15) is 6.10 Å². The van der Waals surface area contributed by atoms with Gasteiger partial charge in [0.15, 0.2) is 6.40 Å². The Kier molecular flexibility index (Phi) is 1.67. The van der Waals surface area contributed by atoms with Crippen LogP contribution in [-0.4, -0.2) is 30.1 Å². The molecule has 0 aromatic heterocycles. The van der Waals surface area contributed by atoms with Gasteiger partial charge in [0.05, 0.1) is 13.0 Å². The predicted molar refractivity (Wildman–Crippen MR) is 30.5 cm³/mol. The van der Waals surface area contributed by atoms with Crippen LogP contribution < -0.4 is 0 Å². The summed E-state index contributed by atoms with van der Waals surface area (Å²) in [5.74, 6) is -0.842. The number of hydrogen-bond donors (Lipinski definition) is 1. The second kappa shape index (κ2) is 2.48. The first kappa shape index (κ1) is 6.07. The number of aliphatic imine (C=N–C) groups is 1. The van der Waals surface area contributed by atoms with E-state index in [1.807, 2.05) is 0 Å². The average Bonchev–Trinajstić information content (AvgIpc) is 2.15. The topological polar surface area (TPSA) is 58.9 Å². The van der Waals surface area contributed by atoms with Crippen LogP contribution >= 0.6 is 0 Å². The number of hydrogen-bond acceptors (Lipinski definition) is 3. The first-order chi connectivity index (χ1) is 4.29. The molecule has 0 spiro atoms. The van der Waals surface area contributed by atoms with Crippen molar-refractivity contribution in [3.05, 3.63) is 0 Å². The second-order valence-corrected chi connectivity index (χ2v) is 1.83. The Hall–Kier alpha value is -1.06. The lowest BCUT2D eigenvalue weighted by atomic mass is 10.3. The van der Waals surface area contributed by atoms with Crippen LogP contribution in [0.5, 0.6) is 0 Å². The summed E-state index contributed by atoms with van der Waals surface area (Å²) in [6.45, 7) is 0.478. The molecule has 0 bridgehead atoms. The SMILES string of the molecule is O=C(O)CC1CN=CO1. The van der Waals surface area contributed by atoms with E-state index in [4.69, 9.17) is 9.84 Å². The lowest BCUT2D eigenvalue weighted by Gasteiger charge is -2.02.